The number of amides is 1. The number of H-pyrrole nitrogens is 1. The van der Waals surface area contributed by atoms with Crippen LogP contribution in [0.2, 0.25) is 0 Å². The molecule has 0 spiro atoms. The van der Waals surface area contributed by atoms with E-state index in [0.717, 1.165) is 21.2 Å². The van der Waals surface area contributed by atoms with Gasteiger partial charge >= 0.3 is 0 Å². The highest BCUT2D eigenvalue weighted by atomic mass is 32.2. The van der Waals surface area contributed by atoms with E-state index in [1.165, 1.54) is 13.1 Å². The molecule has 0 unspecified atom stereocenters. The van der Waals surface area contributed by atoms with Crippen LogP contribution in [-0.2, 0) is 14.8 Å². The van der Waals surface area contributed by atoms with Crippen LogP contribution >= 0.6 is 11.3 Å². The second-order valence-corrected chi connectivity index (χ2v) is 7.39. The first-order valence-corrected chi connectivity index (χ1v) is 8.03. The van der Waals surface area contributed by atoms with Crippen molar-refractivity contribution in [1.82, 2.24) is 14.5 Å². The largest absolute Gasteiger partial charge is 0.310 e. The molecular formula is C11H14N4O3S2. The van der Waals surface area contributed by atoms with Crippen LogP contribution in [0.4, 0.5) is 5.82 Å². The summed E-state index contributed by atoms with van der Waals surface area (Å²) >= 11 is 1.12. The third kappa shape index (κ3) is 3.06. The van der Waals surface area contributed by atoms with Crippen LogP contribution in [0, 0.1) is 6.92 Å². The predicted octanol–water partition coefficient (Wildman–Crippen LogP) is 1.04. The molecule has 0 bridgehead atoms. The highest BCUT2D eigenvalue weighted by molar-refractivity contribution is 7.91. The van der Waals surface area contributed by atoms with Crippen LogP contribution in [0.25, 0.3) is 0 Å². The summed E-state index contributed by atoms with van der Waals surface area (Å²) in [5.74, 6) is 0.0388. The van der Waals surface area contributed by atoms with Gasteiger partial charge in [-0.3, -0.25) is 9.89 Å². The molecule has 9 heteroatoms. The maximum Gasteiger partial charge on any atom is 0.252 e. The first-order chi connectivity index (χ1) is 9.41. The zero-order valence-electron chi connectivity index (χ0n) is 11.0. The molecule has 0 aliphatic rings. The van der Waals surface area contributed by atoms with Gasteiger partial charge < -0.3 is 5.32 Å². The Balaban J connectivity index is 2.03. The summed E-state index contributed by atoms with van der Waals surface area (Å²) < 4.78 is 25.5. The van der Waals surface area contributed by atoms with Crippen LogP contribution in [0.1, 0.15) is 5.56 Å². The third-order valence-corrected chi connectivity index (χ3v) is 5.80. The Bertz CT molecular complexity index is 691. The van der Waals surface area contributed by atoms with Crippen molar-refractivity contribution in [1.29, 1.82) is 0 Å². The lowest BCUT2D eigenvalue weighted by molar-refractivity contribution is -0.116. The third-order valence-electron chi connectivity index (χ3n) is 2.62. The van der Waals surface area contributed by atoms with E-state index in [1.54, 1.807) is 24.6 Å². The van der Waals surface area contributed by atoms with E-state index >= 15 is 0 Å². The Labute approximate surface area is 120 Å². The van der Waals surface area contributed by atoms with Crippen molar-refractivity contribution in [3.05, 3.63) is 29.3 Å². The van der Waals surface area contributed by atoms with Crippen molar-refractivity contribution in [2.24, 2.45) is 0 Å². The number of sulfonamides is 1. The molecule has 0 aromatic carbocycles. The SMILES string of the molecule is Cc1cn[nH]c1NC(=O)CN(C)S(=O)(=O)c1cccs1. The minimum Gasteiger partial charge on any atom is -0.310 e. The quantitative estimate of drug-likeness (QED) is 0.862. The molecule has 2 N–H and O–H groups in total. The van der Waals surface area contributed by atoms with E-state index in [2.05, 4.69) is 15.5 Å². The number of hydrogen-bond donors (Lipinski definition) is 2. The monoisotopic (exact) mass is 314 g/mol. The minimum absolute atomic E-state index is 0.213. The summed E-state index contributed by atoms with van der Waals surface area (Å²) in [5.41, 5.74) is 0.780. The fourth-order valence-electron chi connectivity index (χ4n) is 1.50. The molecule has 20 heavy (non-hydrogen) atoms. The topological polar surface area (TPSA) is 95.2 Å². The molecule has 2 aromatic rings. The second-order valence-electron chi connectivity index (χ2n) is 4.17. The summed E-state index contributed by atoms with van der Waals surface area (Å²) in [7, 11) is -2.25. The molecule has 2 aromatic heterocycles. The fourth-order valence-corrected chi connectivity index (χ4v) is 3.83. The Morgan fingerprint density at radius 3 is 2.85 bits per heavy atom. The van der Waals surface area contributed by atoms with E-state index in [4.69, 9.17) is 0 Å². The predicted molar refractivity (Wildman–Crippen MR) is 76.1 cm³/mol. The molecule has 2 heterocycles. The smallest absolute Gasteiger partial charge is 0.252 e. The molecule has 7 nitrogen and oxygen atoms in total. The number of aromatic nitrogens is 2. The van der Waals surface area contributed by atoms with Crippen molar-refractivity contribution in [2.75, 3.05) is 18.9 Å². The van der Waals surface area contributed by atoms with Crippen LogP contribution in [-0.4, -0.2) is 42.4 Å². The second kappa shape index (κ2) is 5.73. The lowest BCUT2D eigenvalue weighted by Crippen LogP contribution is -2.34. The summed E-state index contributed by atoms with van der Waals surface area (Å²) in [6.45, 7) is 1.52. The van der Waals surface area contributed by atoms with Gasteiger partial charge in [-0.05, 0) is 18.4 Å². The number of anilines is 1. The Morgan fingerprint density at radius 1 is 1.55 bits per heavy atom. The van der Waals surface area contributed by atoms with Gasteiger partial charge in [0.05, 0.1) is 12.7 Å². The standard InChI is InChI=1S/C11H14N4O3S2/c1-8-6-12-14-11(8)13-9(16)7-15(2)20(17,18)10-4-3-5-19-10/h3-6H,7H2,1-2H3,(H2,12,13,14,16). The van der Waals surface area contributed by atoms with Crippen LogP contribution < -0.4 is 5.32 Å². The van der Waals surface area contributed by atoms with Gasteiger partial charge in [-0.25, -0.2) is 8.42 Å². The van der Waals surface area contributed by atoms with Gasteiger partial charge in [0.15, 0.2) is 0 Å². The summed E-state index contributed by atoms with van der Waals surface area (Å²) in [5, 5.41) is 10.7. The average molecular weight is 314 g/mol. The number of aryl methyl sites for hydroxylation is 1. The van der Waals surface area contributed by atoms with Crippen molar-refractivity contribution >= 4 is 33.1 Å². The van der Waals surface area contributed by atoms with Crippen molar-refractivity contribution < 1.29 is 13.2 Å². The number of likely N-dealkylation sites (N-methyl/N-ethyl adjacent to an activating group) is 1. The number of carbonyl (C=O) groups is 1. The number of rotatable bonds is 5. The fraction of sp³-hybridized carbons (Fsp3) is 0.273. The number of nitrogens with one attached hydrogen (secondary N) is 2. The Kier molecular flexibility index (Phi) is 4.21. The first kappa shape index (κ1) is 14.7. The maximum atomic E-state index is 12.1. The van der Waals surface area contributed by atoms with E-state index in [-0.39, 0.29) is 10.8 Å². The normalized spacial score (nSPS) is 11.8. The highest BCUT2D eigenvalue weighted by Crippen LogP contribution is 2.19. The molecule has 108 valence electrons. The van der Waals surface area contributed by atoms with Crippen molar-refractivity contribution in [3.8, 4) is 0 Å². The zero-order valence-corrected chi connectivity index (χ0v) is 12.6. The molecule has 0 aliphatic carbocycles. The van der Waals surface area contributed by atoms with Crippen molar-refractivity contribution in [3.63, 3.8) is 0 Å². The average Bonchev–Trinajstić information content (AvgIpc) is 3.02. The number of thiophene rings is 1. The molecule has 0 atom stereocenters. The maximum absolute atomic E-state index is 12.1. The van der Waals surface area contributed by atoms with E-state index in [9.17, 15) is 13.2 Å². The molecule has 0 fully saturated rings. The van der Waals surface area contributed by atoms with Crippen LogP contribution in [0.3, 0.4) is 0 Å². The molecule has 0 aliphatic heterocycles. The number of carbonyl (C=O) groups excluding carboxylic acids is 1. The van der Waals surface area contributed by atoms with Gasteiger partial charge in [-0.2, -0.15) is 9.40 Å². The molecular weight excluding hydrogens is 300 g/mol. The first-order valence-electron chi connectivity index (χ1n) is 5.71. The van der Waals surface area contributed by atoms with Gasteiger partial charge in [0.2, 0.25) is 5.91 Å². The van der Waals surface area contributed by atoms with E-state index in [0.29, 0.717) is 5.82 Å². The van der Waals surface area contributed by atoms with E-state index < -0.39 is 15.9 Å². The van der Waals surface area contributed by atoms with Gasteiger partial charge in [0.1, 0.15) is 10.0 Å². The van der Waals surface area contributed by atoms with Gasteiger partial charge in [-0.15, -0.1) is 11.3 Å². The van der Waals surface area contributed by atoms with Crippen LogP contribution in [0.5, 0.6) is 0 Å². The van der Waals surface area contributed by atoms with Gasteiger partial charge in [0.25, 0.3) is 10.0 Å². The number of nitrogens with zero attached hydrogens (tertiary/aromatic N) is 2. The summed E-state index contributed by atoms with van der Waals surface area (Å²) in [6, 6.07) is 3.16. The van der Waals surface area contributed by atoms with Crippen molar-refractivity contribution in [2.45, 2.75) is 11.1 Å². The van der Waals surface area contributed by atoms with Gasteiger partial charge in [0, 0.05) is 12.6 Å². The van der Waals surface area contributed by atoms with E-state index in [1.807, 2.05) is 0 Å². The Morgan fingerprint density at radius 2 is 2.30 bits per heavy atom. The summed E-state index contributed by atoms with van der Waals surface area (Å²) in [6.07, 6.45) is 1.57. The molecule has 2 rings (SSSR count). The number of aromatic amines is 1. The van der Waals surface area contributed by atoms with Gasteiger partial charge in [-0.1, -0.05) is 6.07 Å². The molecule has 0 radical (unpaired) electrons. The summed E-state index contributed by atoms with van der Waals surface area (Å²) in [4.78, 5) is 11.8. The molecule has 1 amide bonds. The minimum atomic E-state index is -3.61. The molecule has 0 saturated heterocycles. The molecule has 0 saturated carbocycles. The highest BCUT2D eigenvalue weighted by Gasteiger charge is 2.24. The zero-order chi connectivity index (χ0) is 14.8. The number of hydrogen-bond acceptors (Lipinski definition) is 5. The lowest BCUT2D eigenvalue weighted by Gasteiger charge is -2.15. The lowest BCUT2D eigenvalue weighted by atomic mass is 10.4. The Hall–Kier alpha value is -1.71. The van der Waals surface area contributed by atoms with Crippen LogP contribution in [0.15, 0.2) is 27.9 Å².